The van der Waals surface area contributed by atoms with E-state index in [0.717, 1.165) is 23.6 Å². The number of rotatable bonds is 4. The summed E-state index contributed by atoms with van der Waals surface area (Å²) in [6.07, 6.45) is 5.38. The number of piperidine rings is 1. The predicted octanol–water partition coefficient (Wildman–Crippen LogP) is 2.40. The summed E-state index contributed by atoms with van der Waals surface area (Å²) in [4.78, 5) is 7.18. The number of aromatic nitrogens is 3. The molecule has 2 aromatic heterocycles. The van der Waals surface area contributed by atoms with Crippen LogP contribution in [0.4, 0.5) is 0 Å². The zero-order valence-corrected chi connectivity index (χ0v) is 13.1. The Balaban J connectivity index is 1.65. The number of methoxy groups -OCH3 is 1. The van der Waals surface area contributed by atoms with Crippen molar-refractivity contribution in [2.75, 3.05) is 20.2 Å². The van der Waals surface area contributed by atoms with Crippen LogP contribution in [0.2, 0.25) is 0 Å². The molecule has 21 heavy (non-hydrogen) atoms. The van der Waals surface area contributed by atoms with Crippen LogP contribution < -0.4 is 4.74 Å². The van der Waals surface area contributed by atoms with Crippen LogP contribution in [0.15, 0.2) is 18.3 Å². The second kappa shape index (κ2) is 6.02. The van der Waals surface area contributed by atoms with Crippen LogP contribution in [0.25, 0.3) is 5.65 Å². The van der Waals surface area contributed by atoms with Crippen LogP contribution in [-0.2, 0) is 6.42 Å². The average Bonchev–Trinajstić information content (AvgIpc) is 2.88. The largest absolute Gasteiger partial charge is 0.497 e. The van der Waals surface area contributed by atoms with Gasteiger partial charge in [-0.05, 0) is 51.8 Å². The molecule has 0 atom stereocenters. The minimum absolute atomic E-state index is 0.659. The van der Waals surface area contributed by atoms with Gasteiger partial charge >= 0.3 is 0 Å². The van der Waals surface area contributed by atoms with Crippen molar-refractivity contribution in [2.24, 2.45) is 5.92 Å². The van der Waals surface area contributed by atoms with E-state index in [2.05, 4.69) is 28.8 Å². The quantitative estimate of drug-likeness (QED) is 0.866. The first kappa shape index (κ1) is 14.3. The Labute approximate surface area is 125 Å². The smallest absolute Gasteiger partial charge is 0.159 e. The van der Waals surface area contributed by atoms with Gasteiger partial charge in [0.1, 0.15) is 5.75 Å². The minimum atomic E-state index is 0.659. The van der Waals surface area contributed by atoms with Gasteiger partial charge in [0.15, 0.2) is 11.5 Å². The van der Waals surface area contributed by atoms with Crippen molar-refractivity contribution in [3.05, 3.63) is 24.2 Å². The number of nitrogens with zero attached hydrogens (tertiary/aromatic N) is 4. The van der Waals surface area contributed by atoms with E-state index in [4.69, 9.17) is 4.74 Å². The van der Waals surface area contributed by atoms with Gasteiger partial charge in [0, 0.05) is 24.7 Å². The number of fused-ring (bicyclic) bond motifs is 1. The van der Waals surface area contributed by atoms with Gasteiger partial charge in [-0.15, -0.1) is 0 Å². The summed E-state index contributed by atoms with van der Waals surface area (Å²) >= 11 is 0. The summed E-state index contributed by atoms with van der Waals surface area (Å²) in [5.41, 5.74) is 0.865. The maximum absolute atomic E-state index is 5.23. The third-order valence-corrected chi connectivity index (χ3v) is 4.44. The van der Waals surface area contributed by atoms with E-state index in [0.29, 0.717) is 12.0 Å². The molecule has 0 bridgehead atoms. The number of likely N-dealkylation sites (tertiary alicyclic amines) is 1. The van der Waals surface area contributed by atoms with Crippen molar-refractivity contribution in [3.63, 3.8) is 0 Å². The molecule has 0 saturated carbocycles. The van der Waals surface area contributed by atoms with Gasteiger partial charge in [-0.3, -0.25) is 0 Å². The third-order valence-electron chi connectivity index (χ3n) is 4.44. The highest BCUT2D eigenvalue weighted by atomic mass is 16.5. The zero-order chi connectivity index (χ0) is 14.8. The van der Waals surface area contributed by atoms with Gasteiger partial charge in [0.25, 0.3) is 0 Å². The molecule has 1 fully saturated rings. The van der Waals surface area contributed by atoms with E-state index in [1.165, 1.54) is 25.9 Å². The van der Waals surface area contributed by atoms with Crippen molar-refractivity contribution < 1.29 is 4.74 Å². The van der Waals surface area contributed by atoms with Crippen molar-refractivity contribution in [2.45, 2.75) is 39.2 Å². The van der Waals surface area contributed by atoms with Crippen LogP contribution in [0.5, 0.6) is 5.75 Å². The summed E-state index contributed by atoms with van der Waals surface area (Å²) in [5.74, 6) is 2.48. The molecule has 0 amide bonds. The molecule has 1 aliphatic rings. The molecule has 3 rings (SSSR count). The average molecular weight is 288 g/mol. The molecule has 5 nitrogen and oxygen atoms in total. The van der Waals surface area contributed by atoms with E-state index in [1.807, 2.05) is 22.8 Å². The highest BCUT2D eigenvalue weighted by Crippen LogP contribution is 2.22. The van der Waals surface area contributed by atoms with E-state index < -0.39 is 0 Å². The molecular formula is C16H24N4O. The zero-order valence-electron chi connectivity index (χ0n) is 13.1. The molecule has 114 valence electrons. The Bertz CT molecular complexity index is 599. The number of hydrogen-bond donors (Lipinski definition) is 0. The molecule has 0 radical (unpaired) electrons. The molecule has 3 heterocycles. The second-order valence-corrected chi connectivity index (χ2v) is 6.17. The Morgan fingerprint density at radius 2 is 2.10 bits per heavy atom. The second-order valence-electron chi connectivity index (χ2n) is 6.17. The highest BCUT2D eigenvalue weighted by molar-refractivity contribution is 5.43. The first-order chi connectivity index (χ1) is 10.2. The monoisotopic (exact) mass is 288 g/mol. The third kappa shape index (κ3) is 3.18. The molecule has 5 heteroatoms. The van der Waals surface area contributed by atoms with E-state index in [-0.39, 0.29) is 0 Å². The lowest BCUT2D eigenvalue weighted by atomic mass is 9.93. The van der Waals surface area contributed by atoms with Crippen LogP contribution in [0.1, 0.15) is 32.5 Å². The fraction of sp³-hybridized carbons (Fsp3) is 0.625. The van der Waals surface area contributed by atoms with Gasteiger partial charge in [-0.1, -0.05) is 0 Å². The summed E-state index contributed by atoms with van der Waals surface area (Å²) in [6, 6.07) is 4.50. The summed E-state index contributed by atoms with van der Waals surface area (Å²) < 4.78 is 7.06. The van der Waals surface area contributed by atoms with Crippen LogP contribution in [0.3, 0.4) is 0 Å². The molecule has 0 unspecified atom stereocenters. The molecular weight excluding hydrogens is 264 g/mol. The van der Waals surface area contributed by atoms with Crippen molar-refractivity contribution in [3.8, 4) is 5.75 Å². The molecule has 1 saturated heterocycles. The minimum Gasteiger partial charge on any atom is -0.497 e. The lowest BCUT2D eigenvalue weighted by Gasteiger charge is -2.34. The number of ether oxygens (including phenoxy) is 1. The number of hydrogen-bond acceptors (Lipinski definition) is 4. The van der Waals surface area contributed by atoms with Crippen LogP contribution >= 0.6 is 0 Å². The molecule has 0 spiro atoms. The summed E-state index contributed by atoms with van der Waals surface area (Å²) in [6.45, 7) is 6.95. The first-order valence-electron chi connectivity index (χ1n) is 7.79. The molecule has 1 aliphatic heterocycles. The van der Waals surface area contributed by atoms with Gasteiger partial charge in [0.05, 0.1) is 7.11 Å². The summed E-state index contributed by atoms with van der Waals surface area (Å²) in [5, 5.41) is 4.57. The van der Waals surface area contributed by atoms with Gasteiger partial charge in [-0.25, -0.2) is 9.50 Å². The first-order valence-corrected chi connectivity index (χ1v) is 7.79. The van der Waals surface area contributed by atoms with Gasteiger partial charge in [-0.2, -0.15) is 5.10 Å². The van der Waals surface area contributed by atoms with Crippen LogP contribution in [0, 0.1) is 5.92 Å². The van der Waals surface area contributed by atoms with E-state index >= 15 is 0 Å². The maximum Gasteiger partial charge on any atom is 0.159 e. The lowest BCUT2D eigenvalue weighted by Crippen LogP contribution is -2.38. The molecule has 0 aromatic carbocycles. The fourth-order valence-electron chi connectivity index (χ4n) is 3.05. The van der Waals surface area contributed by atoms with Crippen molar-refractivity contribution >= 4 is 5.65 Å². The SMILES string of the molecule is COc1ccn2nc(CC3CCN(C(C)C)CC3)nc2c1. The predicted molar refractivity (Wildman–Crippen MR) is 82.7 cm³/mol. The van der Waals surface area contributed by atoms with E-state index in [1.54, 1.807) is 7.11 Å². The Hall–Kier alpha value is -1.62. The van der Waals surface area contributed by atoms with E-state index in [9.17, 15) is 0 Å². The normalized spacial score (nSPS) is 17.7. The maximum atomic E-state index is 5.23. The Morgan fingerprint density at radius 3 is 2.76 bits per heavy atom. The summed E-state index contributed by atoms with van der Waals surface area (Å²) in [7, 11) is 1.67. The topological polar surface area (TPSA) is 42.7 Å². The van der Waals surface area contributed by atoms with Gasteiger partial charge < -0.3 is 9.64 Å². The highest BCUT2D eigenvalue weighted by Gasteiger charge is 2.22. The Morgan fingerprint density at radius 1 is 1.33 bits per heavy atom. The van der Waals surface area contributed by atoms with Crippen molar-refractivity contribution in [1.29, 1.82) is 0 Å². The van der Waals surface area contributed by atoms with Gasteiger partial charge in [0.2, 0.25) is 0 Å². The molecule has 0 N–H and O–H groups in total. The van der Waals surface area contributed by atoms with Crippen LogP contribution in [-0.4, -0.2) is 45.7 Å². The van der Waals surface area contributed by atoms with Crippen molar-refractivity contribution in [1.82, 2.24) is 19.5 Å². The fourth-order valence-corrected chi connectivity index (χ4v) is 3.05. The molecule has 0 aliphatic carbocycles. The Kier molecular flexibility index (Phi) is 4.10. The number of pyridine rings is 1. The lowest BCUT2D eigenvalue weighted by molar-refractivity contribution is 0.148. The molecule has 2 aromatic rings. The standard InChI is InChI=1S/C16H24N4O/c1-12(2)19-7-4-13(5-8-19)10-15-17-16-11-14(21-3)6-9-20(16)18-15/h6,9,11-13H,4-5,7-8,10H2,1-3H3.